The quantitative estimate of drug-likeness (QED) is 0.450. The maximum Gasteiger partial charge on any atom is 0.195 e. The lowest BCUT2D eigenvalue weighted by molar-refractivity contribution is -0.113. The van der Waals surface area contributed by atoms with E-state index in [-0.39, 0.29) is 10.2 Å². The molecular weight excluding hydrogens is 251 g/mol. The third-order valence-electron chi connectivity index (χ3n) is 1.00. The van der Waals surface area contributed by atoms with Crippen LogP contribution in [0.4, 0.5) is 0 Å². The highest BCUT2D eigenvalue weighted by atomic mass is 127. The standard InChI is InChI=1S/C5H9IO4/c6-5(10)1-3(8)4(9)2-7/h3-4,7-9H,1-2H2. The van der Waals surface area contributed by atoms with Crippen LogP contribution in [-0.4, -0.2) is 37.9 Å². The average molecular weight is 260 g/mol. The molecule has 0 fully saturated rings. The van der Waals surface area contributed by atoms with E-state index in [9.17, 15) is 4.79 Å². The highest BCUT2D eigenvalue weighted by Gasteiger charge is 2.16. The van der Waals surface area contributed by atoms with E-state index in [0.29, 0.717) is 0 Å². The largest absolute Gasteiger partial charge is 0.394 e. The van der Waals surface area contributed by atoms with Gasteiger partial charge in [0.15, 0.2) is 3.79 Å². The van der Waals surface area contributed by atoms with E-state index in [0.717, 1.165) is 0 Å². The van der Waals surface area contributed by atoms with Crippen LogP contribution in [0.25, 0.3) is 0 Å². The van der Waals surface area contributed by atoms with E-state index in [2.05, 4.69) is 0 Å². The summed E-state index contributed by atoms with van der Waals surface area (Å²) >= 11 is 1.52. The maximum atomic E-state index is 10.3. The highest BCUT2D eigenvalue weighted by Crippen LogP contribution is 2.02. The Morgan fingerprint density at radius 3 is 2.20 bits per heavy atom. The van der Waals surface area contributed by atoms with Crippen LogP contribution in [0.15, 0.2) is 0 Å². The lowest BCUT2D eigenvalue weighted by atomic mass is 10.2. The van der Waals surface area contributed by atoms with E-state index in [1.54, 1.807) is 0 Å². The van der Waals surface area contributed by atoms with Gasteiger partial charge in [0.05, 0.1) is 12.7 Å². The SMILES string of the molecule is O=C(I)CC(O)C(O)CO. The number of carbonyl (C=O) groups is 1. The van der Waals surface area contributed by atoms with Crippen molar-refractivity contribution in [2.45, 2.75) is 18.6 Å². The zero-order valence-electron chi connectivity index (χ0n) is 5.20. The Morgan fingerprint density at radius 1 is 1.40 bits per heavy atom. The summed E-state index contributed by atoms with van der Waals surface area (Å²) < 4.78 is -0.238. The van der Waals surface area contributed by atoms with Gasteiger partial charge in [0.2, 0.25) is 0 Å². The Hall–Kier alpha value is 0.280. The summed E-state index contributed by atoms with van der Waals surface area (Å²) in [5, 5.41) is 25.9. The number of rotatable bonds is 4. The molecule has 0 saturated carbocycles. The zero-order chi connectivity index (χ0) is 8.15. The molecule has 2 unspecified atom stereocenters. The second-order valence-corrected chi connectivity index (χ2v) is 3.08. The Bertz CT molecular complexity index is 116. The molecule has 0 aliphatic rings. The molecule has 0 aromatic heterocycles. The van der Waals surface area contributed by atoms with Crippen molar-refractivity contribution in [1.82, 2.24) is 0 Å². The van der Waals surface area contributed by atoms with Crippen molar-refractivity contribution in [3.05, 3.63) is 0 Å². The summed E-state index contributed by atoms with van der Waals surface area (Å²) in [5.74, 6) is 0. The molecule has 60 valence electrons. The van der Waals surface area contributed by atoms with E-state index >= 15 is 0 Å². The van der Waals surface area contributed by atoms with Crippen molar-refractivity contribution in [3.63, 3.8) is 0 Å². The average Bonchev–Trinajstić information content (AvgIpc) is 1.85. The zero-order valence-corrected chi connectivity index (χ0v) is 7.35. The van der Waals surface area contributed by atoms with Gasteiger partial charge < -0.3 is 15.3 Å². The van der Waals surface area contributed by atoms with Gasteiger partial charge in [-0.15, -0.1) is 0 Å². The molecule has 0 rings (SSSR count). The van der Waals surface area contributed by atoms with Crippen LogP contribution < -0.4 is 0 Å². The fourth-order valence-corrected chi connectivity index (χ4v) is 0.873. The molecule has 0 aromatic carbocycles. The molecule has 0 aliphatic heterocycles. The first kappa shape index (κ1) is 10.3. The minimum atomic E-state index is -1.21. The van der Waals surface area contributed by atoms with Gasteiger partial charge in [-0.25, -0.2) is 0 Å². The van der Waals surface area contributed by atoms with Crippen LogP contribution >= 0.6 is 22.6 Å². The number of hydrogen-bond acceptors (Lipinski definition) is 4. The fourth-order valence-electron chi connectivity index (χ4n) is 0.422. The molecule has 0 radical (unpaired) electrons. The Kier molecular flexibility index (Phi) is 5.14. The lowest BCUT2D eigenvalue weighted by Crippen LogP contribution is -2.30. The molecule has 0 bridgehead atoms. The normalized spacial score (nSPS) is 16.4. The highest BCUT2D eigenvalue weighted by molar-refractivity contribution is 14.1. The van der Waals surface area contributed by atoms with Gasteiger partial charge in [0.25, 0.3) is 0 Å². The predicted molar refractivity (Wildman–Crippen MR) is 42.7 cm³/mol. The van der Waals surface area contributed by atoms with Gasteiger partial charge in [-0.3, -0.25) is 4.79 Å². The van der Waals surface area contributed by atoms with Gasteiger partial charge in [0.1, 0.15) is 6.10 Å². The molecular formula is C5H9IO4. The number of aliphatic hydroxyl groups is 3. The first-order valence-electron chi connectivity index (χ1n) is 2.73. The monoisotopic (exact) mass is 260 g/mol. The number of halogens is 1. The molecule has 2 atom stereocenters. The van der Waals surface area contributed by atoms with Crippen molar-refractivity contribution in [1.29, 1.82) is 0 Å². The third kappa shape index (κ3) is 4.15. The molecule has 3 N–H and O–H groups in total. The molecule has 0 aliphatic carbocycles. The molecule has 4 nitrogen and oxygen atoms in total. The summed E-state index contributed by atoms with van der Waals surface area (Å²) in [7, 11) is 0. The summed E-state index contributed by atoms with van der Waals surface area (Å²) in [6, 6.07) is 0. The minimum Gasteiger partial charge on any atom is -0.394 e. The van der Waals surface area contributed by atoms with E-state index < -0.39 is 18.8 Å². The first-order valence-corrected chi connectivity index (χ1v) is 3.81. The van der Waals surface area contributed by atoms with Gasteiger partial charge in [0, 0.05) is 6.42 Å². The van der Waals surface area contributed by atoms with Crippen molar-refractivity contribution >= 4 is 26.4 Å². The predicted octanol–water partition coefficient (Wildman–Crippen LogP) is -0.948. The molecule has 0 aromatic rings. The number of hydrogen-bond donors (Lipinski definition) is 3. The summed E-state index contributed by atoms with van der Waals surface area (Å²) in [5.41, 5.74) is 0. The van der Waals surface area contributed by atoms with Crippen LogP contribution in [0.5, 0.6) is 0 Å². The third-order valence-corrected chi connectivity index (χ3v) is 1.44. The van der Waals surface area contributed by atoms with Gasteiger partial charge in [-0.05, 0) is 22.6 Å². The lowest BCUT2D eigenvalue weighted by Gasteiger charge is -2.12. The minimum absolute atomic E-state index is 0.123. The summed E-state index contributed by atoms with van der Waals surface area (Å²) in [6.07, 6.45) is -2.48. The molecule has 10 heavy (non-hydrogen) atoms. The Morgan fingerprint density at radius 2 is 1.90 bits per heavy atom. The van der Waals surface area contributed by atoms with Crippen LogP contribution in [-0.2, 0) is 4.79 Å². The van der Waals surface area contributed by atoms with Crippen molar-refractivity contribution in [2.75, 3.05) is 6.61 Å². The second kappa shape index (κ2) is 5.00. The van der Waals surface area contributed by atoms with E-state index in [1.807, 2.05) is 0 Å². The van der Waals surface area contributed by atoms with E-state index in [1.165, 1.54) is 22.6 Å². The van der Waals surface area contributed by atoms with Gasteiger partial charge in [-0.2, -0.15) is 0 Å². The molecule has 0 spiro atoms. The van der Waals surface area contributed by atoms with Crippen LogP contribution in [0.1, 0.15) is 6.42 Å². The molecule has 5 heteroatoms. The van der Waals surface area contributed by atoms with Crippen molar-refractivity contribution in [2.24, 2.45) is 0 Å². The fraction of sp³-hybridized carbons (Fsp3) is 0.800. The smallest absolute Gasteiger partial charge is 0.195 e. The second-order valence-electron chi connectivity index (χ2n) is 1.88. The molecule has 0 saturated heterocycles. The summed E-state index contributed by atoms with van der Waals surface area (Å²) in [4.78, 5) is 10.3. The number of carbonyl (C=O) groups excluding carboxylic acids is 1. The Labute approximate surface area is 72.0 Å². The van der Waals surface area contributed by atoms with Crippen LogP contribution in [0, 0.1) is 0 Å². The van der Waals surface area contributed by atoms with Crippen molar-refractivity contribution in [3.8, 4) is 0 Å². The van der Waals surface area contributed by atoms with Crippen LogP contribution in [0.3, 0.4) is 0 Å². The summed E-state index contributed by atoms with van der Waals surface area (Å²) in [6.45, 7) is -0.523. The molecule has 0 heterocycles. The number of aliphatic hydroxyl groups excluding tert-OH is 3. The van der Waals surface area contributed by atoms with Crippen molar-refractivity contribution < 1.29 is 20.1 Å². The van der Waals surface area contributed by atoms with Gasteiger partial charge in [-0.1, -0.05) is 0 Å². The van der Waals surface area contributed by atoms with Gasteiger partial charge >= 0.3 is 0 Å². The Balaban J connectivity index is 3.61. The first-order chi connectivity index (χ1) is 4.57. The topological polar surface area (TPSA) is 77.8 Å². The maximum absolute atomic E-state index is 10.3. The van der Waals surface area contributed by atoms with E-state index in [4.69, 9.17) is 15.3 Å². The van der Waals surface area contributed by atoms with Crippen LogP contribution in [0.2, 0.25) is 0 Å². The molecule has 0 amide bonds.